The van der Waals surface area contributed by atoms with E-state index in [-0.39, 0.29) is 30.5 Å². The Morgan fingerprint density at radius 1 is 1.16 bits per heavy atom. The number of halogens is 1. The first-order valence-electron chi connectivity index (χ1n) is 9.94. The van der Waals surface area contributed by atoms with Gasteiger partial charge < -0.3 is 4.74 Å². The Morgan fingerprint density at radius 3 is 2.72 bits per heavy atom. The van der Waals surface area contributed by atoms with Gasteiger partial charge in [-0.15, -0.1) is 16.4 Å². The Morgan fingerprint density at radius 2 is 1.97 bits per heavy atom. The predicted molar refractivity (Wildman–Crippen MR) is 126 cm³/mol. The minimum atomic E-state index is -0.342. The molecular weight excluding hydrogens is 448 g/mol. The van der Waals surface area contributed by atoms with E-state index in [0.29, 0.717) is 21.3 Å². The molecule has 0 aliphatic rings. The molecule has 1 N–H and O–H groups in total. The number of ketones is 1. The molecule has 0 unspecified atom stereocenters. The monoisotopic (exact) mass is 468 g/mol. The van der Waals surface area contributed by atoms with Gasteiger partial charge in [0.1, 0.15) is 5.75 Å². The average Bonchev–Trinajstić information content (AvgIpc) is 3.32. The van der Waals surface area contributed by atoms with Gasteiger partial charge in [-0.25, -0.2) is 4.52 Å². The van der Waals surface area contributed by atoms with E-state index in [1.807, 2.05) is 5.38 Å². The second kappa shape index (κ2) is 9.10. The van der Waals surface area contributed by atoms with E-state index in [4.69, 9.17) is 16.3 Å². The summed E-state index contributed by atoms with van der Waals surface area (Å²) in [6.45, 7) is 4.10. The van der Waals surface area contributed by atoms with Crippen LogP contribution in [0.15, 0.2) is 41.8 Å². The molecule has 32 heavy (non-hydrogen) atoms. The van der Waals surface area contributed by atoms with Crippen LogP contribution >= 0.6 is 22.9 Å². The zero-order valence-electron chi connectivity index (χ0n) is 17.8. The largest absolute Gasteiger partial charge is 0.496 e. The molecule has 2 aromatic heterocycles. The highest BCUT2D eigenvalue weighted by molar-refractivity contribution is 7.15. The SMILES string of the molecule is COc1ccc(Cl)cc1C(=O)CCC(=O)Nc1nc2scc(-c3ccc(C)cc3C)n2n1. The molecule has 4 aromatic rings. The zero-order chi connectivity index (χ0) is 22.8. The summed E-state index contributed by atoms with van der Waals surface area (Å²) in [5.41, 5.74) is 4.66. The van der Waals surface area contributed by atoms with Crippen LogP contribution in [0.1, 0.15) is 34.3 Å². The predicted octanol–water partition coefficient (Wildman–Crippen LogP) is 5.34. The van der Waals surface area contributed by atoms with Crippen LogP contribution in [-0.2, 0) is 4.79 Å². The Labute approximate surface area is 194 Å². The van der Waals surface area contributed by atoms with Crippen molar-refractivity contribution in [3.8, 4) is 17.0 Å². The number of thiazole rings is 1. The normalized spacial score (nSPS) is 11.0. The van der Waals surface area contributed by atoms with Crippen molar-refractivity contribution in [2.45, 2.75) is 26.7 Å². The Balaban J connectivity index is 1.45. The molecule has 2 heterocycles. The van der Waals surface area contributed by atoms with Crippen LogP contribution in [-0.4, -0.2) is 33.4 Å². The number of rotatable bonds is 7. The number of anilines is 1. The van der Waals surface area contributed by atoms with Gasteiger partial charge in [0.2, 0.25) is 16.8 Å². The molecule has 0 atom stereocenters. The number of amides is 1. The van der Waals surface area contributed by atoms with E-state index < -0.39 is 0 Å². The fourth-order valence-corrected chi connectivity index (χ4v) is 4.46. The zero-order valence-corrected chi connectivity index (χ0v) is 19.4. The van der Waals surface area contributed by atoms with Crippen molar-refractivity contribution in [3.05, 3.63) is 63.5 Å². The molecule has 9 heteroatoms. The third-order valence-electron chi connectivity index (χ3n) is 5.03. The molecule has 0 fully saturated rings. The van der Waals surface area contributed by atoms with Crippen LogP contribution in [0.25, 0.3) is 16.2 Å². The number of ether oxygens (including phenoxy) is 1. The van der Waals surface area contributed by atoms with Crippen LogP contribution in [0, 0.1) is 13.8 Å². The molecule has 1 amide bonds. The summed E-state index contributed by atoms with van der Waals surface area (Å²) in [5.74, 6) is 0.0662. The summed E-state index contributed by atoms with van der Waals surface area (Å²) < 4.78 is 6.93. The molecule has 0 aliphatic carbocycles. The number of aromatic nitrogens is 3. The number of carbonyl (C=O) groups excluding carboxylic acids is 2. The Kier molecular flexibility index (Phi) is 6.25. The lowest BCUT2D eigenvalue weighted by atomic mass is 10.0. The highest BCUT2D eigenvalue weighted by atomic mass is 35.5. The molecule has 0 saturated heterocycles. The van der Waals surface area contributed by atoms with Crippen molar-refractivity contribution in [1.82, 2.24) is 14.6 Å². The number of aryl methyl sites for hydroxylation is 2. The number of hydrogen-bond acceptors (Lipinski definition) is 6. The molecular formula is C23H21ClN4O3S. The lowest BCUT2D eigenvalue weighted by Crippen LogP contribution is -2.15. The fourth-order valence-electron chi connectivity index (χ4n) is 3.47. The molecule has 0 saturated carbocycles. The van der Waals surface area contributed by atoms with E-state index in [1.165, 1.54) is 24.0 Å². The van der Waals surface area contributed by atoms with Gasteiger partial charge in [-0.1, -0.05) is 35.4 Å². The second-order valence-electron chi connectivity index (χ2n) is 7.39. The Hall–Kier alpha value is -3.23. The molecule has 0 bridgehead atoms. The molecule has 0 radical (unpaired) electrons. The van der Waals surface area contributed by atoms with Gasteiger partial charge in [0.25, 0.3) is 0 Å². The minimum Gasteiger partial charge on any atom is -0.496 e. The summed E-state index contributed by atoms with van der Waals surface area (Å²) >= 11 is 7.43. The van der Waals surface area contributed by atoms with Gasteiger partial charge in [-0.2, -0.15) is 4.98 Å². The van der Waals surface area contributed by atoms with Gasteiger partial charge >= 0.3 is 0 Å². The molecule has 4 rings (SSSR count). The van der Waals surface area contributed by atoms with Crippen molar-refractivity contribution < 1.29 is 14.3 Å². The van der Waals surface area contributed by atoms with Crippen LogP contribution in [0.5, 0.6) is 5.75 Å². The van der Waals surface area contributed by atoms with Crippen LogP contribution in [0.2, 0.25) is 5.02 Å². The highest BCUT2D eigenvalue weighted by Gasteiger charge is 2.17. The van der Waals surface area contributed by atoms with Gasteiger partial charge in [-0.3, -0.25) is 14.9 Å². The second-order valence-corrected chi connectivity index (χ2v) is 8.66. The first-order valence-corrected chi connectivity index (χ1v) is 11.2. The number of carbonyl (C=O) groups is 2. The number of hydrogen-bond donors (Lipinski definition) is 1. The summed E-state index contributed by atoms with van der Waals surface area (Å²) in [4.78, 5) is 30.0. The minimum absolute atomic E-state index is 0.00865. The number of Topliss-reactive ketones (excluding diaryl/α,β-unsaturated/α-hetero) is 1. The summed E-state index contributed by atoms with van der Waals surface area (Å²) in [6.07, 6.45) is 0.00382. The Bertz CT molecular complexity index is 1330. The lowest BCUT2D eigenvalue weighted by molar-refractivity contribution is -0.116. The number of fused-ring (bicyclic) bond motifs is 1. The summed E-state index contributed by atoms with van der Waals surface area (Å²) in [5, 5.41) is 9.55. The average molecular weight is 469 g/mol. The van der Waals surface area contributed by atoms with E-state index >= 15 is 0 Å². The standard InChI is InChI=1S/C23H21ClN4O3S/c1-13-4-6-16(14(2)10-13)18-12-32-23-26-22(27-28(18)23)25-21(30)9-7-19(29)17-11-15(24)5-8-20(17)31-3/h4-6,8,10-12H,7,9H2,1-3H3,(H,25,27,30). The summed E-state index contributed by atoms with van der Waals surface area (Å²) in [7, 11) is 1.48. The first kappa shape index (κ1) is 22.0. The van der Waals surface area contributed by atoms with E-state index in [0.717, 1.165) is 16.8 Å². The summed E-state index contributed by atoms with van der Waals surface area (Å²) in [6, 6.07) is 11.0. The lowest BCUT2D eigenvalue weighted by Gasteiger charge is -2.08. The van der Waals surface area contributed by atoms with Crippen molar-refractivity contribution in [2.75, 3.05) is 12.4 Å². The highest BCUT2D eigenvalue weighted by Crippen LogP contribution is 2.29. The molecule has 2 aromatic carbocycles. The molecule has 0 aliphatic heterocycles. The quantitative estimate of drug-likeness (QED) is 0.370. The van der Waals surface area contributed by atoms with Crippen LogP contribution in [0.4, 0.5) is 5.95 Å². The third-order valence-corrected chi connectivity index (χ3v) is 6.08. The van der Waals surface area contributed by atoms with Gasteiger partial charge in [0.15, 0.2) is 5.78 Å². The maximum atomic E-state index is 12.5. The maximum absolute atomic E-state index is 12.5. The number of nitrogens with zero attached hydrogens (tertiary/aromatic N) is 3. The van der Waals surface area contributed by atoms with Crippen molar-refractivity contribution in [3.63, 3.8) is 0 Å². The first-order chi connectivity index (χ1) is 15.4. The smallest absolute Gasteiger partial charge is 0.250 e. The van der Waals surface area contributed by atoms with E-state index in [1.54, 1.807) is 22.7 Å². The van der Waals surface area contributed by atoms with Crippen molar-refractivity contribution >= 4 is 45.5 Å². The molecule has 7 nitrogen and oxygen atoms in total. The molecule has 0 spiro atoms. The number of benzene rings is 2. The van der Waals surface area contributed by atoms with Crippen LogP contribution < -0.4 is 10.1 Å². The maximum Gasteiger partial charge on any atom is 0.250 e. The number of nitrogens with one attached hydrogen (secondary N) is 1. The van der Waals surface area contributed by atoms with E-state index in [2.05, 4.69) is 47.4 Å². The van der Waals surface area contributed by atoms with Gasteiger partial charge in [0.05, 0.1) is 18.4 Å². The topological polar surface area (TPSA) is 85.6 Å². The fraction of sp³-hybridized carbons (Fsp3) is 0.217. The van der Waals surface area contributed by atoms with E-state index in [9.17, 15) is 9.59 Å². The number of methoxy groups -OCH3 is 1. The third kappa shape index (κ3) is 4.51. The van der Waals surface area contributed by atoms with Crippen LogP contribution in [0.3, 0.4) is 0 Å². The van der Waals surface area contributed by atoms with Crippen molar-refractivity contribution in [1.29, 1.82) is 0 Å². The molecule has 164 valence electrons. The van der Waals surface area contributed by atoms with Gasteiger partial charge in [0, 0.05) is 28.8 Å². The van der Waals surface area contributed by atoms with Gasteiger partial charge in [-0.05, 0) is 37.6 Å². The van der Waals surface area contributed by atoms with Crippen molar-refractivity contribution in [2.24, 2.45) is 0 Å².